The van der Waals surface area contributed by atoms with Crippen molar-refractivity contribution in [2.24, 2.45) is 5.92 Å². The van der Waals surface area contributed by atoms with Crippen molar-refractivity contribution in [2.75, 3.05) is 0 Å². The van der Waals surface area contributed by atoms with Crippen LogP contribution in [-0.4, -0.2) is 27.8 Å². The largest absolute Gasteiger partial charge is 0.432 e. The molecule has 0 aromatic rings. The second-order valence-corrected chi connectivity index (χ2v) is 5.25. The summed E-state index contributed by atoms with van der Waals surface area (Å²) in [5.41, 5.74) is 0. The molecule has 1 aliphatic carbocycles. The summed E-state index contributed by atoms with van der Waals surface area (Å²) in [6, 6.07) is 0. The maximum Gasteiger partial charge on any atom is 0.310 e. The van der Waals surface area contributed by atoms with Crippen LogP contribution in [0.1, 0.15) is 26.7 Å². The highest BCUT2D eigenvalue weighted by Crippen LogP contribution is 2.52. The van der Waals surface area contributed by atoms with Crippen molar-refractivity contribution in [3.8, 4) is 0 Å². The van der Waals surface area contributed by atoms with Gasteiger partial charge in [0.25, 0.3) is 0 Å². The molecule has 0 heterocycles. The van der Waals surface area contributed by atoms with Gasteiger partial charge in [0.2, 0.25) is 13.4 Å². The first-order valence-corrected chi connectivity index (χ1v) is 6.16. The number of esters is 1. The van der Waals surface area contributed by atoms with Crippen molar-refractivity contribution in [3.05, 3.63) is 0 Å². The zero-order chi connectivity index (χ0) is 11.0. The van der Waals surface area contributed by atoms with E-state index in [-0.39, 0.29) is 5.92 Å². The lowest BCUT2D eigenvalue weighted by Crippen LogP contribution is -2.24. The van der Waals surface area contributed by atoms with Crippen LogP contribution in [0.2, 0.25) is 0 Å². The topological polar surface area (TPSA) is 76.0 Å². The van der Waals surface area contributed by atoms with Crippen LogP contribution in [0.25, 0.3) is 0 Å². The quantitative estimate of drug-likeness (QED) is 0.419. The fraction of sp³-hybridized carbons (Fsp3) is 0.750. The van der Waals surface area contributed by atoms with E-state index in [1.807, 2.05) is 0 Å². The van der Waals surface area contributed by atoms with Crippen LogP contribution >= 0.6 is 7.57 Å². The van der Waals surface area contributed by atoms with E-state index in [0.29, 0.717) is 12.8 Å². The minimum atomic E-state index is -3.59. The summed E-state index contributed by atoms with van der Waals surface area (Å²) in [6.45, 7) is 3.39. The van der Waals surface area contributed by atoms with Crippen molar-refractivity contribution < 1.29 is 23.8 Å². The average Bonchev–Trinajstić information content (AvgIpc) is 2.64. The number of rotatable bonds is 4. The first kappa shape index (κ1) is 11.7. The molecule has 82 valence electrons. The molecular weight excluding hydrogens is 207 g/mol. The molecular formula is C8H15O5P. The molecule has 0 atom stereocenters. The maximum atomic E-state index is 11.2. The van der Waals surface area contributed by atoms with Crippen LogP contribution in [0.15, 0.2) is 0 Å². The molecule has 1 aliphatic rings. The normalized spacial score (nSPS) is 19.5. The first-order chi connectivity index (χ1) is 6.24. The van der Waals surface area contributed by atoms with Gasteiger partial charge in [-0.1, -0.05) is 13.8 Å². The van der Waals surface area contributed by atoms with E-state index in [4.69, 9.17) is 19.0 Å². The van der Waals surface area contributed by atoms with E-state index in [1.165, 1.54) is 0 Å². The van der Waals surface area contributed by atoms with Crippen LogP contribution in [-0.2, 0) is 14.1 Å². The first-order valence-electron chi connectivity index (χ1n) is 4.37. The van der Waals surface area contributed by atoms with Gasteiger partial charge in [0, 0.05) is 12.8 Å². The highest BCUT2D eigenvalue weighted by molar-refractivity contribution is 7.57. The Labute approximate surface area is 82.9 Å². The third kappa shape index (κ3) is 3.42. The lowest BCUT2D eigenvalue weighted by atomic mass is 10.2. The zero-order valence-electron chi connectivity index (χ0n) is 8.27. The Morgan fingerprint density at radius 1 is 1.50 bits per heavy atom. The van der Waals surface area contributed by atoms with Crippen LogP contribution in [0, 0.1) is 5.92 Å². The number of ether oxygens (including phenoxy) is 1. The molecule has 6 heteroatoms. The molecule has 0 spiro atoms. The van der Waals surface area contributed by atoms with Gasteiger partial charge in [-0.3, -0.25) is 9.32 Å². The summed E-state index contributed by atoms with van der Waals surface area (Å²) in [6.07, 6.45) is 4.04. The molecule has 0 aliphatic heterocycles. The van der Waals surface area contributed by atoms with Crippen LogP contribution in [0.3, 0.4) is 0 Å². The lowest BCUT2D eigenvalue weighted by Gasteiger charge is -2.21. The summed E-state index contributed by atoms with van der Waals surface area (Å²) in [5.74, 6) is -1.79. The predicted molar refractivity (Wildman–Crippen MR) is 52.5 cm³/mol. The number of carbonyl (C=O) groups excluding carboxylic acids is 1. The monoisotopic (exact) mass is 222 g/mol. The molecule has 0 amide bonds. The molecule has 0 bridgehead atoms. The van der Waals surface area contributed by atoms with E-state index in [9.17, 15) is 4.79 Å². The van der Waals surface area contributed by atoms with Gasteiger partial charge in [-0.2, -0.15) is 0 Å². The van der Waals surface area contributed by atoms with Gasteiger partial charge in [0.15, 0.2) is 0 Å². The minimum absolute atomic E-state index is 0.258. The van der Waals surface area contributed by atoms with Crippen LogP contribution < -0.4 is 0 Å². The molecule has 5 nitrogen and oxygen atoms in total. The van der Waals surface area contributed by atoms with E-state index in [2.05, 4.69) is 6.30 Å². The van der Waals surface area contributed by atoms with Gasteiger partial charge in [-0.25, -0.2) is 0 Å². The molecule has 1 saturated carbocycles. The minimum Gasteiger partial charge on any atom is -0.432 e. The van der Waals surface area contributed by atoms with Gasteiger partial charge in [0.05, 0.1) is 5.92 Å². The molecule has 2 N–H and O–H groups in total. The fourth-order valence-electron chi connectivity index (χ4n) is 0.882. The molecule has 1 rings (SSSR count). The Hall–Kier alpha value is -0.350. The Morgan fingerprint density at radius 2 is 2.00 bits per heavy atom. The summed E-state index contributed by atoms with van der Waals surface area (Å²) in [5, 5.41) is 0. The Morgan fingerprint density at radius 3 is 2.29 bits per heavy atom. The molecule has 0 aromatic carbocycles. The third-order valence-electron chi connectivity index (χ3n) is 1.73. The van der Waals surface area contributed by atoms with Gasteiger partial charge < -0.3 is 14.5 Å². The molecule has 0 radical (unpaired) electrons. The molecule has 0 saturated heterocycles. The van der Waals surface area contributed by atoms with Crippen LogP contribution in [0.5, 0.6) is 0 Å². The molecule has 1 fully saturated rings. The standard InChI is InChI=1S/C8H15O5P/c1-6(2)7(9)12-8(4-5-8)13-14(3,10)11/h6,10-11H,3-5H2,1-2H3. The summed E-state index contributed by atoms with van der Waals surface area (Å²) in [7, 11) is -3.59. The number of carbonyl (C=O) groups is 1. The highest BCUT2D eigenvalue weighted by Gasteiger charge is 2.51. The molecule has 0 aromatic heterocycles. The van der Waals surface area contributed by atoms with Gasteiger partial charge >= 0.3 is 5.97 Å². The van der Waals surface area contributed by atoms with E-state index in [1.54, 1.807) is 13.8 Å². The Balaban J connectivity index is 2.52. The predicted octanol–water partition coefficient (Wildman–Crippen LogP) is 0.871. The molecule has 14 heavy (non-hydrogen) atoms. The second kappa shape index (κ2) is 3.66. The van der Waals surface area contributed by atoms with Crippen molar-refractivity contribution >= 4 is 19.8 Å². The summed E-state index contributed by atoms with van der Waals surface area (Å²) >= 11 is 0. The Kier molecular flexibility index (Phi) is 3.07. The summed E-state index contributed by atoms with van der Waals surface area (Å²) in [4.78, 5) is 29.2. The lowest BCUT2D eigenvalue weighted by molar-refractivity contribution is -0.174. The number of hydrogen-bond donors (Lipinski definition) is 2. The van der Waals surface area contributed by atoms with Gasteiger partial charge in [-0.05, 0) is 6.30 Å². The molecule has 0 unspecified atom stereocenters. The van der Waals surface area contributed by atoms with Crippen molar-refractivity contribution in [1.29, 1.82) is 0 Å². The van der Waals surface area contributed by atoms with E-state index >= 15 is 0 Å². The summed E-state index contributed by atoms with van der Waals surface area (Å²) < 4.78 is 9.82. The van der Waals surface area contributed by atoms with Crippen molar-refractivity contribution in [3.63, 3.8) is 0 Å². The second-order valence-electron chi connectivity index (χ2n) is 3.74. The third-order valence-corrected chi connectivity index (χ3v) is 2.35. The average molecular weight is 222 g/mol. The number of hydrogen-bond acceptors (Lipinski definition) is 5. The Bertz CT molecular complexity index is 275. The van der Waals surface area contributed by atoms with E-state index < -0.39 is 19.3 Å². The zero-order valence-corrected chi connectivity index (χ0v) is 9.16. The fourth-order valence-corrected chi connectivity index (χ4v) is 1.63. The SMILES string of the molecule is C=P(O)(O)OC1(OC(=O)C(C)C)CC1. The van der Waals surface area contributed by atoms with Gasteiger partial charge in [0.1, 0.15) is 0 Å². The van der Waals surface area contributed by atoms with E-state index in [0.717, 1.165) is 0 Å². The van der Waals surface area contributed by atoms with Gasteiger partial charge in [-0.15, -0.1) is 0 Å². The van der Waals surface area contributed by atoms with Crippen molar-refractivity contribution in [1.82, 2.24) is 0 Å². The highest BCUT2D eigenvalue weighted by atomic mass is 31.2. The van der Waals surface area contributed by atoms with Crippen LogP contribution in [0.4, 0.5) is 0 Å². The van der Waals surface area contributed by atoms with Crippen molar-refractivity contribution in [2.45, 2.75) is 32.5 Å². The maximum absolute atomic E-state index is 11.2. The smallest absolute Gasteiger partial charge is 0.310 e.